The fourth-order valence-corrected chi connectivity index (χ4v) is 1.13. The normalized spacial score (nSPS) is 11.6. The van der Waals surface area contributed by atoms with E-state index in [2.05, 4.69) is 17.9 Å². The molecule has 2 N–H and O–H groups in total. The summed E-state index contributed by atoms with van der Waals surface area (Å²) in [7, 11) is 6.50. The topological polar surface area (TPSA) is 86.7 Å². The largest absolute Gasteiger partial charge is 0.480 e. The van der Waals surface area contributed by atoms with Crippen LogP contribution in [0, 0.1) is 0 Å². The Morgan fingerprint density at radius 2 is 2.06 bits per heavy atom. The summed E-state index contributed by atoms with van der Waals surface area (Å²) in [6, 6.07) is -1.06. The lowest BCUT2D eigenvalue weighted by atomic mass is 10.0. The number of hydrogen-bond acceptors (Lipinski definition) is 4. The number of nitrogens with zero attached hydrogens (tertiary/aromatic N) is 1. The maximum atomic E-state index is 11.3. The fourth-order valence-electron chi connectivity index (χ4n) is 0.885. The highest BCUT2D eigenvalue weighted by Gasteiger charge is 2.19. The quantitative estimate of drug-likeness (QED) is 0.393. The van der Waals surface area contributed by atoms with Gasteiger partial charge >= 0.3 is 5.97 Å². The molecule has 0 aliphatic carbocycles. The smallest absolute Gasteiger partial charge is 0.327 e. The highest BCUT2D eigenvalue weighted by atomic mass is 32.1. The molecule has 0 aromatic carbocycles. The minimum absolute atomic E-state index is 0.0182. The van der Waals surface area contributed by atoms with E-state index < -0.39 is 23.8 Å². The van der Waals surface area contributed by atoms with Crippen molar-refractivity contribution < 1.29 is 19.5 Å². The predicted octanol–water partition coefficient (Wildman–Crippen LogP) is -1.47. The van der Waals surface area contributed by atoms with Crippen molar-refractivity contribution in [3.63, 3.8) is 0 Å². The van der Waals surface area contributed by atoms with Gasteiger partial charge in [0.05, 0.1) is 14.4 Å². The molecule has 0 aliphatic rings. The van der Waals surface area contributed by atoms with Gasteiger partial charge in [0.15, 0.2) is 0 Å². The molecule has 0 bridgehead atoms. The minimum Gasteiger partial charge on any atom is -0.480 e. The van der Waals surface area contributed by atoms with E-state index in [9.17, 15) is 14.4 Å². The number of amides is 2. The van der Waals surface area contributed by atoms with Crippen molar-refractivity contribution in [2.75, 3.05) is 19.3 Å². The van der Waals surface area contributed by atoms with Crippen LogP contribution in [0.4, 0.5) is 0 Å². The van der Waals surface area contributed by atoms with Gasteiger partial charge in [-0.15, -0.1) is 0 Å². The highest BCUT2D eigenvalue weighted by Crippen LogP contribution is 1.91. The number of rotatable bonds is 6. The molecule has 2 amide bonds. The lowest BCUT2D eigenvalue weighted by molar-refractivity contribution is -0.141. The van der Waals surface area contributed by atoms with Gasteiger partial charge in [-0.25, -0.2) is 4.79 Å². The lowest BCUT2D eigenvalue weighted by Crippen LogP contribution is -2.46. The third-order valence-corrected chi connectivity index (χ3v) is 2.16. The van der Waals surface area contributed by atoms with Crippen LogP contribution in [0.2, 0.25) is 6.32 Å². The molecule has 6 nitrogen and oxygen atoms in total. The minimum atomic E-state index is -1.17. The third kappa shape index (κ3) is 5.06. The summed E-state index contributed by atoms with van der Waals surface area (Å²) in [5, 5.41) is 10.9. The third-order valence-electron chi connectivity index (χ3n) is 1.80. The van der Waals surface area contributed by atoms with Crippen LogP contribution in [0.15, 0.2) is 0 Å². The number of nitrogens with one attached hydrogen (secondary N) is 1. The first-order chi connectivity index (χ1) is 7.42. The standard InChI is InChI=1S/C8H13BN2O4S/c1-11(7(13)2-9)3-6(12)10-5(4-16)8(14)15/h5,16H,2-4H2,1H3,(H,10,12)(H,14,15). The maximum Gasteiger partial charge on any atom is 0.327 e. The molecule has 0 aliphatic heterocycles. The van der Waals surface area contributed by atoms with Crippen LogP contribution in [0.25, 0.3) is 0 Å². The molecule has 1 atom stereocenters. The molecule has 0 aromatic heterocycles. The predicted molar refractivity (Wildman–Crippen MR) is 61.6 cm³/mol. The lowest BCUT2D eigenvalue weighted by Gasteiger charge is -2.18. The van der Waals surface area contributed by atoms with Crippen molar-refractivity contribution in [2.45, 2.75) is 12.4 Å². The highest BCUT2D eigenvalue weighted by molar-refractivity contribution is 7.80. The first kappa shape index (κ1) is 14.8. The molecule has 0 saturated carbocycles. The van der Waals surface area contributed by atoms with Crippen LogP contribution in [0.1, 0.15) is 0 Å². The molecule has 0 spiro atoms. The van der Waals surface area contributed by atoms with Crippen LogP contribution in [0.5, 0.6) is 0 Å². The number of carbonyl (C=O) groups excluding carboxylic acids is 2. The Kier molecular flexibility index (Phi) is 6.63. The summed E-state index contributed by atoms with van der Waals surface area (Å²) in [6.45, 7) is -0.229. The van der Waals surface area contributed by atoms with Gasteiger partial charge in [0.25, 0.3) is 0 Å². The van der Waals surface area contributed by atoms with Gasteiger partial charge in [-0.2, -0.15) is 12.6 Å². The Balaban J connectivity index is 4.17. The van der Waals surface area contributed by atoms with Crippen molar-refractivity contribution in [3.8, 4) is 0 Å². The number of likely N-dealkylation sites (N-methyl/N-ethyl adjacent to an activating group) is 1. The maximum absolute atomic E-state index is 11.3. The molecule has 0 rings (SSSR count). The Labute approximate surface area is 100 Å². The Morgan fingerprint density at radius 1 is 1.50 bits per heavy atom. The van der Waals surface area contributed by atoms with Crippen LogP contribution >= 0.6 is 12.6 Å². The number of carboxylic acids is 1. The number of thiol groups is 1. The van der Waals surface area contributed by atoms with E-state index in [1.807, 2.05) is 0 Å². The zero-order chi connectivity index (χ0) is 12.7. The summed E-state index contributed by atoms with van der Waals surface area (Å²) >= 11 is 3.78. The molecule has 8 heteroatoms. The number of carbonyl (C=O) groups is 3. The SMILES string of the molecule is [B]CC(=O)N(C)CC(=O)NC(CS)C(=O)O. The van der Waals surface area contributed by atoms with E-state index >= 15 is 0 Å². The molecule has 88 valence electrons. The van der Waals surface area contributed by atoms with E-state index in [-0.39, 0.29) is 18.6 Å². The second-order valence-electron chi connectivity index (χ2n) is 3.09. The molecule has 0 fully saturated rings. The van der Waals surface area contributed by atoms with Crippen LogP contribution in [0.3, 0.4) is 0 Å². The average Bonchev–Trinajstić information content (AvgIpc) is 2.23. The number of aliphatic carboxylic acids is 1. The molecular weight excluding hydrogens is 231 g/mol. The summed E-state index contributed by atoms with van der Waals surface area (Å²) < 4.78 is 0. The van der Waals surface area contributed by atoms with E-state index in [0.29, 0.717) is 0 Å². The zero-order valence-corrected chi connectivity index (χ0v) is 9.74. The van der Waals surface area contributed by atoms with Crippen molar-refractivity contribution >= 4 is 38.3 Å². The summed E-state index contributed by atoms with van der Waals surface area (Å²) in [4.78, 5) is 34.0. The van der Waals surface area contributed by atoms with Gasteiger partial charge in [-0.05, 0) is 6.32 Å². The first-order valence-electron chi connectivity index (χ1n) is 4.49. The number of carboxylic acid groups (broad SMARTS) is 1. The van der Waals surface area contributed by atoms with E-state index in [1.165, 1.54) is 7.05 Å². The first-order valence-corrected chi connectivity index (χ1v) is 5.12. The Bertz CT molecular complexity index is 287. The van der Waals surface area contributed by atoms with Crippen LogP contribution < -0.4 is 5.32 Å². The fraction of sp³-hybridized carbons (Fsp3) is 0.625. The zero-order valence-electron chi connectivity index (χ0n) is 8.84. The monoisotopic (exact) mass is 244 g/mol. The van der Waals surface area contributed by atoms with Gasteiger partial charge in [0.2, 0.25) is 11.8 Å². The summed E-state index contributed by atoms with van der Waals surface area (Å²) in [5.74, 6) is -2.15. The average molecular weight is 244 g/mol. The van der Waals surface area contributed by atoms with E-state index in [1.54, 1.807) is 0 Å². The van der Waals surface area contributed by atoms with Gasteiger partial charge in [0.1, 0.15) is 6.04 Å². The molecule has 2 radical (unpaired) electrons. The van der Waals surface area contributed by atoms with Crippen molar-refractivity contribution in [3.05, 3.63) is 0 Å². The molecule has 0 heterocycles. The van der Waals surface area contributed by atoms with Crippen LogP contribution in [-0.2, 0) is 14.4 Å². The van der Waals surface area contributed by atoms with Crippen LogP contribution in [-0.4, -0.2) is 61.0 Å². The van der Waals surface area contributed by atoms with Crippen molar-refractivity contribution in [2.24, 2.45) is 0 Å². The molecule has 16 heavy (non-hydrogen) atoms. The van der Waals surface area contributed by atoms with Crippen molar-refractivity contribution in [1.29, 1.82) is 0 Å². The Hall–Kier alpha value is -1.18. The molecular formula is C8H13BN2O4S. The van der Waals surface area contributed by atoms with Crippen molar-refractivity contribution in [1.82, 2.24) is 10.2 Å². The molecule has 0 aromatic rings. The van der Waals surface area contributed by atoms with Gasteiger partial charge in [0, 0.05) is 12.8 Å². The molecule has 1 unspecified atom stereocenters. The summed E-state index contributed by atoms with van der Waals surface area (Å²) in [6.07, 6.45) is -0.196. The number of hydrogen-bond donors (Lipinski definition) is 3. The van der Waals surface area contributed by atoms with E-state index in [0.717, 1.165) is 4.90 Å². The van der Waals surface area contributed by atoms with Gasteiger partial charge in [-0.3, -0.25) is 9.59 Å². The summed E-state index contributed by atoms with van der Waals surface area (Å²) in [5.41, 5.74) is 0. The Morgan fingerprint density at radius 3 is 2.44 bits per heavy atom. The van der Waals surface area contributed by atoms with E-state index in [4.69, 9.17) is 13.0 Å². The second-order valence-corrected chi connectivity index (χ2v) is 3.46. The van der Waals surface area contributed by atoms with Gasteiger partial charge < -0.3 is 15.3 Å². The van der Waals surface area contributed by atoms with Gasteiger partial charge in [-0.1, -0.05) is 0 Å². The molecule has 0 saturated heterocycles. The second kappa shape index (κ2) is 7.16.